The van der Waals surface area contributed by atoms with Crippen LogP contribution in [0.25, 0.3) is 5.65 Å². The number of aryl methyl sites for hydroxylation is 2. The number of nitrogens with one attached hydrogen (secondary N) is 1. The molecule has 0 saturated carbocycles. The molecule has 1 aromatic carbocycles. The highest BCUT2D eigenvalue weighted by molar-refractivity contribution is 5.46. The topological polar surface area (TPSA) is 42.2 Å². The summed E-state index contributed by atoms with van der Waals surface area (Å²) in [6, 6.07) is 12.7. The Balaban J connectivity index is 1.83. The molecule has 20 heavy (non-hydrogen) atoms. The fourth-order valence-electron chi connectivity index (χ4n) is 2.18. The number of hydrogen-bond donors (Lipinski definition) is 1. The number of benzene rings is 1. The van der Waals surface area contributed by atoms with Crippen LogP contribution in [0.1, 0.15) is 29.7 Å². The van der Waals surface area contributed by atoms with Crippen molar-refractivity contribution in [2.24, 2.45) is 0 Å². The van der Waals surface area contributed by atoms with E-state index in [9.17, 15) is 0 Å². The van der Waals surface area contributed by atoms with Gasteiger partial charge in [-0.2, -0.15) is 4.98 Å². The molecule has 1 atom stereocenters. The number of nitrogens with zero attached hydrogens (tertiary/aromatic N) is 3. The van der Waals surface area contributed by atoms with E-state index in [4.69, 9.17) is 0 Å². The van der Waals surface area contributed by atoms with Crippen LogP contribution in [-0.2, 0) is 0 Å². The lowest BCUT2D eigenvalue weighted by molar-refractivity contribution is 0.852. The molecule has 1 N–H and O–H groups in total. The zero-order valence-electron chi connectivity index (χ0n) is 12.0. The number of hydrogen-bond acceptors (Lipinski definition) is 3. The quantitative estimate of drug-likeness (QED) is 0.788. The SMILES string of the molecule is Cc1ccc(C(C)Nc2nc3cc(C)ccn3n2)cc1. The molecule has 2 heterocycles. The lowest BCUT2D eigenvalue weighted by atomic mass is 10.1. The van der Waals surface area contributed by atoms with Crippen LogP contribution >= 0.6 is 0 Å². The van der Waals surface area contributed by atoms with Crippen molar-refractivity contribution < 1.29 is 0 Å². The Morgan fingerprint density at radius 1 is 1.05 bits per heavy atom. The van der Waals surface area contributed by atoms with Gasteiger partial charge >= 0.3 is 0 Å². The van der Waals surface area contributed by atoms with Crippen LogP contribution in [0.2, 0.25) is 0 Å². The summed E-state index contributed by atoms with van der Waals surface area (Å²) in [6.45, 7) is 6.26. The summed E-state index contributed by atoms with van der Waals surface area (Å²) in [4.78, 5) is 4.50. The van der Waals surface area contributed by atoms with Gasteiger partial charge < -0.3 is 5.32 Å². The maximum Gasteiger partial charge on any atom is 0.243 e. The van der Waals surface area contributed by atoms with Crippen molar-refractivity contribution in [3.8, 4) is 0 Å². The van der Waals surface area contributed by atoms with Crippen molar-refractivity contribution in [3.63, 3.8) is 0 Å². The predicted octanol–water partition coefficient (Wildman–Crippen LogP) is 3.52. The maximum atomic E-state index is 4.50. The van der Waals surface area contributed by atoms with Crippen LogP contribution in [0.15, 0.2) is 42.6 Å². The third-order valence-corrected chi connectivity index (χ3v) is 3.42. The van der Waals surface area contributed by atoms with Crippen LogP contribution in [0.3, 0.4) is 0 Å². The summed E-state index contributed by atoms with van der Waals surface area (Å²) >= 11 is 0. The molecular formula is C16H18N4. The molecule has 0 radical (unpaired) electrons. The Bertz CT molecular complexity index is 728. The van der Waals surface area contributed by atoms with Crippen LogP contribution in [0, 0.1) is 13.8 Å². The molecule has 0 amide bonds. The molecule has 0 aliphatic heterocycles. The van der Waals surface area contributed by atoms with Gasteiger partial charge in [0.2, 0.25) is 5.95 Å². The largest absolute Gasteiger partial charge is 0.346 e. The molecule has 2 aromatic heterocycles. The molecule has 3 rings (SSSR count). The minimum atomic E-state index is 0.175. The van der Waals surface area contributed by atoms with Crippen molar-refractivity contribution in [2.75, 3.05) is 5.32 Å². The Morgan fingerprint density at radius 2 is 1.80 bits per heavy atom. The maximum absolute atomic E-state index is 4.50. The predicted molar refractivity (Wildman–Crippen MR) is 80.9 cm³/mol. The minimum Gasteiger partial charge on any atom is -0.346 e. The van der Waals surface area contributed by atoms with Gasteiger partial charge in [0, 0.05) is 6.20 Å². The molecule has 3 aromatic rings. The first-order chi connectivity index (χ1) is 9.61. The average molecular weight is 266 g/mol. The number of fused-ring (bicyclic) bond motifs is 1. The van der Waals surface area contributed by atoms with E-state index in [2.05, 4.69) is 60.4 Å². The van der Waals surface area contributed by atoms with E-state index in [0.717, 1.165) is 5.65 Å². The van der Waals surface area contributed by atoms with Crippen LogP contribution < -0.4 is 5.32 Å². The van der Waals surface area contributed by atoms with Crippen molar-refractivity contribution in [2.45, 2.75) is 26.8 Å². The summed E-state index contributed by atoms with van der Waals surface area (Å²) in [6.07, 6.45) is 1.93. The standard InChI is InChI=1S/C16H18N4/c1-11-4-6-14(7-5-11)13(3)17-16-18-15-10-12(2)8-9-20(15)19-16/h4-10,13H,1-3H3,(H,17,19). The Labute approximate surface area is 118 Å². The number of anilines is 1. The first-order valence-corrected chi connectivity index (χ1v) is 6.78. The third kappa shape index (κ3) is 2.50. The molecular weight excluding hydrogens is 248 g/mol. The fraction of sp³-hybridized carbons (Fsp3) is 0.250. The summed E-state index contributed by atoms with van der Waals surface area (Å²) in [5, 5.41) is 7.77. The summed E-state index contributed by atoms with van der Waals surface area (Å²) < 4.78 is 1.79. The lowest BCUT2D eigenvalue weighted by Gasteiger charge is -2.12. The van der Waals surface area contributed by atoms with Crippen molar-refractivity contribution >= 4 is 11.6 Å². The minimum absolute atomic E-state index is 0.175. The van der Waals surface area contributed by atoms with E-state index in [1.165, 1.54) is 16.7 Å². The molecule has 0 fully saturated rings. The van der Waals surface area contributed by atoms with Gasteiger partial charge in [0.15, 0.2) is 5.65 Å². The second-order valence-electron chi connectivity index (χ2n) is 5.22. The molecule has 0 saturated heterocycles. The van der Waals surface area contributed by atoms with E-state index in [-0.39, 0.29) is 6.04 Å². The summed E-state index contributed by atoms with van der Waals surface area (Å²) in [5.74, 6) is 0.656. The normalized spacial score (nSPS) is 12.6. The smallest absolute Gasteiger partial charge is 0.243 e. The Hall–Kier alpha value is -2.36. The molecule has 0 aliphatic carbocycles. The van der Waals surface area contributed by atoms with Gasteiger partial charge in [0.25, 0.3) is 0 Å². The zero-order chi connectivity index (χ0) is 14.1. The molecule has 1 unspecified atom stereocenters. The first-order valence-electron chi connectivity index (χ1n) is 6.78. The van der Waals surface area contributed by atoms with E-state index in [1.54, 1.807) is 4.52 Å². The van der Waals surface area contributed by atoms with Gasteiger partial charge in [-0.05, 0) is 44.0 Å². The van der Waals surface area contributed by atoms with E-state index < -0.39 is 0 Å². The van der Waals surface area contributed by atoms with Crippen molar-refractivity contribution in [1.82, 2.24) is 14.6 Å². The molecule has 4 heteroatoms. The number of rotatable bonds is 3. The second kappa shape index (κ2) is 4.96. The average Bonchev–Trinajstić information content (AvgIpc) is 2.80. The molecule has 102 valence electrons. The number of pyridine rings is 1. The van der Waals surface area contributed by atoms with E-state index in [1.807, 2.05) is 18.3 Å². The highest BCUT2D eigenvalue weighted by Crippen LogP contribution is 2.18. The summed E-state index contributed by atoms with van der Waals surface area (Å²) in [5.41, 5.74) is 4.54. The highest BCUT2D eigenvalue weighted by Gasteiger charge is 2.09. The van der Waals surface area contributed by atoms with Gasteiger partial charge in [0.05, 0.1) is 6.04 Å². The number of aromatic nitrogens is 3. The third-order valence-electron chi connectivity index (χ3n) is 3.42. The van der Waals surface area contributed by atoms with Gasteiger partial charge in [-0.1, -0.05) is 29.8 Å². The fourth-order valence-corrected chi connectivity index (χ4v) is 2.18. The van der Waals surface area contributed by atoms with Crippen molar-refractivity contribution in [3.05, 3.63) is 59.3 Å². The van der Waals surface area contributed by atoms with Gasteiger partial charge in [0.1, 0.15) is 0 Å². The van der Waals surface area contributed by atoms with Gasteiger partial charge in [-0.25, -0.2) is 4.52 Å². The van der Waals surface area contributed by atoms with Crippen LogP contribution in [0.5, 0.6) is 0 Å². The first kappa shape index (κ1) is 12.7. The van der Waals surface area contributed by atoms with E-state index in [0.29, 0.717) is 5.95 Å². The Morgan fingerprint density at radius 3 is 2.55 bits per heavy atom. The van der Waals surface area contributed by atoms with E-state index >= 15 is 0 Å². The van der Waals surface area contributed by atoms with Gasteiger partial charge in [-0.15, -0.1) is 5.10 Å². The second-order valence-corrected chi connectivity index (χ2v) is 5.22. The lowest BCUT2D eigenvalue weighted by Crippen LogP contribution is -2.07. The zero-order valence-corrected chi connectivity index (χ0v) is 12.0. The molecule has 0 bridgehead atoms. The monoisotopic (exact) mass is 266 g/mol. The Kier molecular flexibility index (Phi) is 3.14. The molecule has 4 nitrogen and oxygen atoms in total. The van der Waals surface area contributed by atoms with Crippen molar-refractivity contribution in [1.29, 1.82) is 0 Å². The molecule has 0 aliphatic rings. The van der Waals surface area contributed by atoms with Crippen LogP contribution in [0.4, 0.5) is 5.95 Å². The van der Waals surface area contributed by atoms with Gasteiger partial charge in [-0.3, -0.25) is 0 Å². The molecule has 0 spiro atoms. The van der Waals surface area contributed by atoms with Crippen LogP contribution in [-0.4, -0.2) is 14.6 Å². The summed E-state index contributed by atoms with van der Waals surface area (Å²) in [7, 11) is 0. The highest BCUT2D eigenvalue weighted by atomic mass is 15.3.